The number of nitrogens with one attached hydrogen (secondary N) is 1. The first kappa shape index (κ1) is 23.6. The van der Waals surface area contributed by atoms with Gasteiger partial charge in [0.2, 0.25) is 5.88 Å². The number of pyridine rings is 2. The molecule has 8 heteroatoms. The number of benzene rings is 2. The average Bonchev–Trinajstić information content (AvgIpc) is 3.21. The van der Waals surface area contributed by atoms with Gasteiger partial charge in [0.05, 0.1) is 11.4 Å². The molecule has 0 unspecified atom stereocenters. The van der Waals surface area contributed by atoms with Gasteiger partial charge in [-0.15, -0.1) is 0 Å². The van der Waals surface area contributed by atoms with Gasteiger partial charge in [0.15, 0.2) is 5.82 Å². The minimum absolute atomic E-state index is 0.0367. The van der Waals surface area contributed by atoms with Crippen LogP contribution in [0.15, 0.2) is 24.3 Å². The monoisotopic (exact) mass is 516 g/mol. The van der Waals surface area contributed by atoms with Crippen molar-refractivity contribution in [1.82, 2.24) is 15.3 Å². The topological polar surface area (TPSA) is 70.5 Å². The first-order chi connectivity index (χ1) is 18.3. The van der Waals surface area contributed by atoms with Gasteiger partial charge in [-0.25, -0.2) is 18.7 Å². The summed E-state index contributed by atoms with van der Waals surface area (Å²) in [7, 11) is 0. The summed E-state index contributed by atoms with van der Waals surface area (Å²) in [5.41, 5.74) is 2.31. The van der Waals surface area contributed by atoms with Crippen LogP contribution in [0.25, 0.3) is 32.8 Å². The van der Waals surface area contributed by atoms with Crippen LogP contribution < -0.4 is 15.0 Å². The summed E-state index contributed by atoms with van der Waals surface area (Å²) < 4.78 is 38.2. The average molecular weight is 517 g/mol. The van der Waals surface area contributed by atoms with Gasteiger partial charge in [-0.2, -0.15) is 0 Å². The molecule has 6 nitrogen and oxygen atoms in total. The van der Waals surface area contributed by atoms with Crippen LogP contribution in [0.1, 0.15) is 43.5 Å². The van der Waals surface area contributed by atoms with Crippen molar-refractivity contribution in [3.05, 3.63) is 52.7 Å². The van der Waals surface area contributed by atoms with Crippen LogP contribution in [0.4, 0.5) is 14.6 Å². The van der Waals surface area contributed by atoms with Crippen molar-refractivity contribution in [2.24, 2.45) is 0 Å². The molecule has 4 atom stereocenters. The Hall–Kier alpha value is -3.52. The molecule has 2 aromatic heterocycles. The van der Waals surface area contributed by atoms with Crippen LogP contribution in [0.3, 0.4) is 0 Å². The standard InChI is InChI=1S/C30H30F2N4O2/c1-5-19-21(31)8-6-16-10-18(37)11-20(24(16)19)27-26(32)23-13(2)14(3)33-29-25(23)30(35-27)38-15(4)28-22-9-7-17(34-22)12-36(28)29/h6,8,10-11,15,17,22,28,34,37H,5,7,9,12H2,1-4H3/t15-,17+,22-,28+/m0/s1. The third kappa shape index (κ3) is 3.19. The molecule has 0 aliphatic carbocycles. The van der Waals surface area contributed by atoms with E-state index in [4.69, 9.17) is 14.7 Å². The fraction of sp³-hybridized carbons (Fsp3) is 0.400. The lowest BCUT2D eigenvalue weighted by molar-refractivity contribution is 0.155. The number of piperazine rings is 1. The van der Waals surface area contributed by atoms with E-state index in [1.165, 1.54) is 12.1 Å². The lowest BCUT2D eigenvalue weighted by Gasteiger charge is -2.43. The Labute approximate surface area is 219 Å². The summed E-state index contributed by atoms with van der Waals surface area (Å²) in [6, 6.07) is 6.69. The van der Waals surface area contributed by atoms with Gasteiger partial charge in [-0.3, -0.25) is 0 Å². The molecule has 4 aromatic rings. The molecule has 2 bridgehead atoms. The number of nitrogens with zero attached hydrogens (tertiary/aromatic N) is 3. The summed E-state index contributed by atoms with van der Waals surface area (Å²) in [5.74, 6) is 0.119. The van der Waals surface area contributed by atoms with Gasteiger partial charge in [-0.1, -0.05) is 13.0 Å². The number of aromatic nitrogens is 2. The van der Waals surface area contributed by atoms with E-state index in [0.29, 0.717) is 62.4 Å². The van der Waals surface area contributed by atoms with Crippen molar-refractivity contribution in [2.75, 3.05) is 11.4 Å². The van der Waals surface area contributed by atoms with Crippen molar-refractivity contribution in [2.45, 2.75) is 71.2 Å². The van der Waals surface area contributed by atoms with E-state index in [1.807, 2.05) is 27.7 Å². The molecule has 7 rings (SSSR count). The highest BCUT2D eigenvalue weighted by molar-refractivity contribution is 6.05. The van der Waals surface area contributed by atoms with Gasteiger partial charge in [0.25, 0.3) is 0 Å². The van der Waals surface area contributed by atoms with Crippen LogP contribution in [-0.4, -0.2) is 45.8 Å². The van der Waals surface area contributed by atoms with Gasteiger partial charge < -0.3 is 20.1 Å². The molecule has 2 saturated heterocycles. The summed E-state index contributed by atoms with van der Waals surface area (Å²) >= 11 is 0. The molecule has 0 amide bonds. The Morgan fingerprint density at radius 2 is 1.92 bits per heavy atom. The Balaban J connectivity index is 1.57. The summed E-state index contributed by atoms with van der Waals surface area (Å²) in [5, 5.41) is 16.5. The number of halogens is 2. The van der Waals surface area contributed by atoms with E-state index in [0.717, 1.165) is 25.1 Å². The Morgan fingerprint density at radius 1 is 1.11 bits per heavy atom. The Morgan fingerprint density at radius 3 is 2.71 bits per heavy atom. The third-order valence-electron chi connectivity index (χ3n) is 8.80. The molecule has 0 spiro atoms. The summed E-state index contributed by atoms with van der Waals surface area (Å²) in [6.07, 6.45) is 2.34. The smallest absolute Gasteiger partial charge is 0.226 e. The van der Waals surface area contributed by atoms with Crippen molar-refractivity contribution in [1.29, 1.82) is 0 Å². The number of phenolic OH excluding ortho intramolecular Hbond substituents is 1. The zero-order valence-corrected chi connectivity index (χ0v) is 21.9. The second-order valence-corrected chi connectivity index (χ2v) is 11.0. The zero-order valence-electron chi connectivity index (χ0n) is 21.9. The van der Waals surface area contributed by atoms with E-state index in [2.05, 4.69) is 10.2 Å². The largest absolute Gasteiger partial charge is 0.508 e. The molecule has 196 valence electrons. The number of phenols is 1. The minimum atomic E-state index is -0.515. The molecule has 0 saturated carbocycles. The molecule has 38 heavy (non-hydrogen) atoms. The lowest BCUT2D eigenvalue weighted by atomic mass is 9.93. The number of hydrogen-bond donors (Lipinski definition) is 2. The fourth-order valence-electron chi connectivity index (χ4n) is 6.98. The zero-order chi connectivity index (χ0) is 26.5. The fourth-order valence-corrected chi connectivity index (χ4v) is 6.98. The van der Waals surface area contributed by atoms with Crippen LogP contribution in [0, 0.1) is 25.5 Å². The maximum atomic E-state index is 16.8. The molecule has 3 aliphatic heterocycles. The second-order valence-electron chi connectivity index (χ2n) is 11.0. The molecule has 2 fully saturated rings. The molecular weight excluding hydrogens is 486 g/mol. The first-order valence-corrected chi connectivity index (χ1v) is 13.4. The number of hydrogen-bond acceptors (Lipinski definition) is 6. The predicted octanol–water partition coefficient (Wildman–Crippen LogP) is 5.70. The quantitative estimate of drug-likeness (QED) is 0.356. The predicted molar refractivity (Wildman–Crippen MR) is 144 cm³/mol. The molecule has 3 aliphatic rings. The second kappa shape index (κ2) is 8.24. The van der Waals surface area contributed by atoms with E-state index in [1.54, 1.807) is 12.1 Å². The van der Waals surface area contributed by atoms with Crippen molar-refractivity contribution in [3.63, 3.8) is 0 Å². The van der Waals surface area contributed by atoms with Crippen molar-refractivity contribution < 1.29 is 18.6 Å². The number of ether oxygens (including phenoxy) is 1. The molecule has 2 aromatic carbocycles. The SMILES string of the molecule is CCc1c(F)ccc2cc(O)cc(-c3nc4c5c(nc(C)c(C)c5c3F)N3C[C@H]5CC[C@H](N5)[C@H]3[C@H](C)O4)c12. The molecule has 5 heterocycles. The maximum absolute atomic E-state index is 16.8. The normalized spacial score (nSPS) is 24.0. The Kier molecular flexibility index (Phi) is 5.11. The highest BCUT2D eigenvalue weighted by atomic mass is 19.1. The van der Waals surface area contributed by atoms with E-state index in [9.17, 15) is 9.50 Å². The molecule has 2 N–H and O–H groups in total. The maximum Gasteiger partial charge on any atom is 0.226 e. The minimum Gasteiger partial charge on any atom is -0.508 e. The highest BCUT2D eigenvalue weighted by Crippen LogP contribution is 2.46. The number of fused-ring (bicyclic) bond motifs is 6. The number of anilines is 1. The van der Waals surface area contributed by atoms with Gasteiger partial charge in [0.1, 0.15) is 29.2 Å². The highest BCUT2D eigenvalue weighted by Gasteiger charge is 2.47. The summed E-state index contributed by atoms with van der Waals surface area (Å²) in [4.78, 5) is 12.1. The van der Waals surface area contributed by atoms with Crippen LogP contribution in [0.2, 0.25) is 0 Å². The van der Waals surface area contributed by atoms with E-state index < -0.39 is 5.82 Å². The number of rotatable bonds is 2. The van der Waals surface area contributed by atoms with Crippen LogP contribution >= 0.6 is 0 Å². The van der Waals surface area contributed by atoms with Crippen LogP contribution in [-0.2, 0) is 6.42 Å². The third-order valence-corrected chi connectivity index (χ3v) is 8.80. The molecule has 0 radical (unpaired) electrons. The van der Waals surface area contributed by atoms with Crippen molar-refractivity contribution in [3.8, 4) is 22.9 Å². The lowest BCUT2D eigenvalue weighted by Crippen LogP contribution is -2.62. The number of aromatic hydroxyl groups is 1. The number of aryl methyl sites for hydroxylation is 3. The van der Waals surface area contributed by atoms with E-state index >= 15 is 4.39 Å². The van der Waals surface area contributed by atoms with Crippen molar-refractivity contribution >= 4 is 27.4 Å². The Bertz CT molecular complexity index is 1660. The van der Waals surface area contributed by atoms with Crippen LogP contribution in [0.5, 0.6) is 11.6 Å². The first-order valence-electron chi connectivity index (χ1n) is 13.4. The summed E-state index contributed by atoms with van der Waals surface area (Å²) in [6.45, 7) is 8.44. The van der Waals surface area contributed by atoms with E-state index in [-0.39, 0.29) is 35.4 Å². The molecular formula is C30H30F2N4O2. The van der Waals surface area contributed by atoms with Gasteiger partial charge in [-0.05, 0) is 80.1 Å². The van der Waals surface area contributed by atoms with Gasteiger partial charge in [0, 0.05) is 35.3 Å². The van der Waals surface area contributed by atoms with Gasteiger partial charge >= 0.3 is 0 Å².